The number of carbonyl (C=O) groups excluding carboxylic acids is 1. The predicted molar refractivity (Wildman–Crippen MR) is 81.6 cm³/mol. The van der Waals surface area contributed by atoms with Crippen LogP contribution < -0.4 is 0 Å². The smallest absolute Gasteiger partial charge is 0.313 e. The first-order valence-electron chi connectivity index (χ1n) is 8.54. The Morgan fingerprint density at radius 1 is 1.30 bits per heavy atom. The first kappa shape index (κ1) is 14.0. The molecule has 3 saturated heterocycles. The average Bonchev–Trinajstić information content (AvgIpc) is 2.96. The molecule has 4 bridgehead atoms. The minimum Gasteiger partial charge on any atom is -0.458 e. The SMILES string of the molecule is CC12C3C(O[C@H]1O)C1OC(=O)[C@@]45C[C@@H]4CC2(O[C@]3(C)CBr)C15C. The Kier molecular flexibility index (Phi) is 2.00. The Morgan fingerprint density at radius 2 is 2.04 bits per heavy atom. The Hall–Kier alpha value is -0.170. The number of hydrogen-bond acceptors (Lipinski definition) is 5. The average molecular weight is 385 g/mol. The van der Waals surface area contributed by atoms with Crippen molar-refractivity contribution in [1.29, 1.82) is 0 Å². The number of aliphatic hydroxyl groups excluding tert-OH is 1. The van der Waals surface area contributed by atoms with Gasteiger partial charge in [0.05, 0.1) is 27.4 Å². The highest BCUT2D eigenvalue weighted by atomic mass is 79.9. The highest BCUT2D eigenvalue weighted by Crippen LogP contribution is 2.89. The van der Waals surface area contributed by atoms with Gasteiger partial charge in [0.2, 0.25) is 0 Å². The van der Waals surface area contributed by atoms with Gasteiger partial charge in [0.25, 0.3) is 0 Å². The van der Waals surface area contributed by atoms with Crippen molar-refractivity contribution in [2.24, 2.45) is 28.1 Å². The molecule has 3 saturated carbocycles. The monoisotopic (exact) mass is 384 g/mol. The maximum atomic E-state index is 12.7. The molecule has 0 aromatic rings. The molecular formula is C17H21BrO5. The third-order valence-electron chi connectivity index (χ3n) is 8.84. The number of alkyl halides is 1. The quantitative estimate of drug-likeness (QED) is 0.549. The zero-order valence-electron chi connectivity index (χ0n) is 13.5. The van der Waals surface area contributed by atoms with Crippen LogP contribution in [-0.4, -0.2) is 46.1 Å². The lowest BCUT2D eigenvalue weighted by atomic mass is 9.47. The summed E-state index contributed by atoms with van der Waals surface area (Å²) in [6.07, 6.45) is 0.268. The fourth-order valence-electron chi connectivity index (χ4n) is 7.96. The van der Waals surface area contributed by atoms with E-state index in [9.17, 15) is 9.90 Å². The van der Waals surface area contributed by atoms with Crippen LogP contribution in [0.5, 0.6) is 0 Å². The molecule has 0 amide bonds. The Balaban J connectivity index is 1.70. The van der Waals surface area contributed by atoms with Crippen LogP contribution in [0.1, 0.15) is 33.6 Å². The molecule has 0 aromatic heterocycles. The van der Waals surface area contributed by atoms with Gasteiger partial charge in [0.1, 0.15) is 12.2 Å². The summed E-state index contributed by atoms with van der Waals surface area (Å²) in [5, 5.41) is 11.5. The van der Waals surface area contributed by atoms with Gasteiger partial charge >= 0.3 is 5.97 Å². The van der Waals surface area contributed by atoms with Crippen LogP contribution in [0.4, 0.5) is 0 Å². The maximum Gasteiger partial charge on any atom is 0.313 e. The van der Waals surface area contributed by atoms with Crippen LogP contribution in [0.25, 0.3) is 0 Å². The van der Waals surface area contributed by atoms with Crippen molar-refractivity contribution in [3.8, 4) is 0 Å². The lowest BCUT2D eigenvalue weighted by Crippen LogP contribution is -2.66. The predicted octanol–water partition coefficient (Wildman–Crippen LogP) is 1.60. The molecule has 3 aliphatic heterocycles. The number of halogens is 1. The number of esters is 1. The fraction of sp³-hybridized carbons (Fsp3) is 0.941. The van der Waals surface area contributed by atoms with Gasteiger partial charge in [-0.15, -0.1) is 0 Å². The Labute approximate surface area is 143 Å². The number of aliphatic hydroxyl groups is 1. The van der Waals surface area contributed by atoms with Gasteiger partial charge in [-0.3, -0.25) is 4.79 Å². The summed E-state index contributed by atoms with van der Waals surface area (Å²) in [5.74, 6) is 0.283. The second-order valence-corrected chi connectivity index (χ2v) is 9.75. The zero-order chi connectivity index (χ0) is 16.2. The van der Waals surface area contributed by atoms with Crippen LogP contribution in [0.3, 0.4) is 0 Å². The van der Waals surface area contributed by atoms with Gasteiger partial charge in [-0.1, -0.05) is 29.8 Å². The fourth-order valence-corrected chi connectivity index (χ4v) is 8.43. The molecule has 0 radical (unpaired) electrons. The molecular weight excluding hydrogens is 364 g/mol. The van der Waals surface area contributed by atoms with Crippen LogP contribution in [0.2, 0.25) is 0 Å². The first-order chi connectivity index (χ1) is 10.7. The molecule has 6 aliphatic rings. The standard InChI is InChI=1S/C17H21BrO5/c1-13(6-18)9-8-10-15(3)16(12(20)22-10)4-7(16)5-17(15,23-13)14(9,2)11(19)21-8/h7-11,19H,4-6H2,1-3H3/t7-,8?,9?,10?,11-,13-,14?,15?,16-,17?/m1/s1. The van der Waals surface area contributed by atoms with Crippen molar-refractivity contribution in [3.63, 3.8) is 0 Å². The van der Waals surface area contributed by atoms with Crippen molar-refractivity contribution in [3.05, 3.63) is 0 Å². The molecule has 6 heteroatoms. The largest absolute Gasteiger partial charge is 0.458 e. The molecule has 6 unspecified atom stereocenters. The molecule has 0 aromatic carbocycles. The van der Waals surface area contributed by atoms with E-state index in [-0.39, 0.29) is 24.1 Å². The van der Waals surface area contributed by atoms with Crippen LogP contribution in [0, 0.1) is 28.1 Å². The zero-order valence-corrected chi connectivity index (χ0v) is 15.1. The third kappa shape index (κ3) is 0.935. The summed E-state index contributed by atoms with van der Waals surface area (Å²) in [6.45, 7) is 6.38. The molecule has 2 spiro atoms. The first-order valence-corrected chi connectivity index (χ1v) is 9.66. The number of ether oxygens (including phenoxy) is 3. The Morgan fingerprint density at radius 3 is 2.74 bits per heavy atom. The molecule has 23 heavy (non-hydrogen) atoms. The lowest BCUT2D eigenvalue weighted by molar-refractivity contribution is -0.223. The van der Waals surface area contributed by atoms with Crippen LogP contribution in [-0.2, 0) is 19.0 Å². The van der Waals surface area contributed by atoms with Gasteiger partial charge < -0.3 is 19.3 Å². The van der Waals surface area contributed by atoms with E-state index in [1.54, 1.807) is 0 Å². The molecule has 10 atom stereocenters. The molecule has 126 valence electrons. The van der Waals surface area contributed by atoms with E-state index in [4.69, 9.17) is 14.2 Å². The number of rotatable bonds is 1. The summed E-state index contributed by atoms with van der Waals surface area (Å²) in [6, 6.07) is 0. The second-order valence-electron chi connectivity index (χ2n) is 9.19. The van der Waals surface area contributed by atoms with Crippen molar-refractivity contribution in [2.45, 2.75) is 63.3 Å². The second kappa shape index (κ2) is 3.27. The van der Waals surface area contributed by atoms with E-state index < -0.39 is 33.7 Å². The Bertz CT molecular complexity index is 684. The minimum atomic E-state index is -0.867. The minimum absolute atomic E-state index is 0.0166. The van der Waals surface area contributed by atoms with Crippen molar-refractivity contribution >= 4 is 21.9 Å². The number of hydrogen-bond donors (Lipinski definition) is 1. The molecule has 6 fully saturated rings. The van der Waals surface area contributed by atoms with Crippen molar-refractivity contribution < 1.29 is 24.1 Å². The lowest BCUT2D eigenvalue weighted by Gasteiger charge is -2.54. The van der Waals surface area contributed by atoms with Gasteiger partial charge in [-0.05, 0) is 25.7 Å². The summed E-state index contributed by atoms with van der Waals surface area (Å²) in [5.41, 5.74) is -2.30. The van der Waals surface area contributed by atoms with Crippen LogP contribution in [0.15, 0.2) is 0 Å². The van der Waals surface area contributed by atoms with E-state index in [1.807, 2.05) is 0 Å². The molecule has 3 heterocycles. The van der Waals surface area contributed by atoms with Gasteiger partial charge in [0, 0.05) is 11.2 Å². The molecule has 6 rings (SSSR count). The molecule has 3 aliphatic carbocycles. The van der Waals surface area contributed by atoms with Gasteiger partial charge in [-0.2, -0.15) is 0 Å². The van der Waals surface area contributed by atoms with Gasteiger partial charge in [0.15, 0.2) is 6.29 Å². The normalized spacial score (nSPS) is 72.9. The van der Waals surface area contributed by atoms with E-state index in [2.05, 4.69) is 36.7 Å². The number of carbonyl (C=O) groups is 1. The van der Waals surface area contributed by atoms with E-state index >= 15 is 0 Å². The van der Waals surface area contributed by atoms with E-state index in [0.29, 0.717) is 11.2 Å². The maximum absolute atomic E-state index is 12.7. The molecule has 1 N–H and O–H groups in total. The van der Waals surface area contributed by atoms with E-state index in [1.165, 1.54) is 0 Å². The summed E-state index contributed by atoms with van der Waals surface area (Å²) in [4.78, 5) is 12.7. The van der Waals surface area contributed by atoms with Crippen molar-refractivity contribution in [1.82, 2.24) is 0 Å². The highest BCUT2D eigenvalue weighted by molar-refractivity contribution is 9.09. The summed E-state index contributed by atoms with van der Waals surface area (Å²) in [7, 11) is 0. The van der Waals surface area contributed by atoms with Gasteiger partial charge in [-0.25, -0.2) is 0 Å². The highest BCUT2D eigenvalue weighted by Gasteiger charge is 2.98. The third-order valence-corrected chi connectivity index (χ3v) is 9.96. The molecule has 5 nitrogen and oxygen atoms in total. The van der Waals surface area contributed by atoms with Crippen molar-refractivity contribution in [2.75, 3.05) is 5.33 Å². The summed E-state index contributed by atoms with van der Waals surface area (Å²) < 4.78 is 18.8. The summed E-state index contributed by atoms with van der Waals surface area (Å²) >= 11 is 3.63. The van der Waals surface area contributed by atoms with Crippen LogP contribution >= 0.6 is 15.9 Å². The van der Waals surface area contributed by atoms with E-state index in [0.717, 1.165) is 12.8 Å². The topological polar surface area (TPSA) is 65.0 Å². The number of fused-ring (bicyclic) bond motifs is 1.